The number of carbonyl (C=O) groups excluding carboxylic acids is 1. The minimum absolute atomic E-state index is 0. The summed E-state index contributed by atoms with van der Waals surface area (Å²) in [4.78, 5) is 14.1. The first-order valence-corrected chi connectivity index (χ1v) is 6.41. The van der Waals surface area contributed by atoms with Crippen LogP contribution in [0.4, 0.5) is 11.4 Å². The van der Waals surface area contributed by atoms with Crippen LogP contribution >= 0.6 is 12.4 Å². The van der Waals surface area contributed by atoms with Gasteiger partial charge in [-0.15, -0.1) is 12.4 Å². The third-order valence-corrected chi connectivity index (χ3v) is 3.42. The Hall–Kier alpha value is -1.26. The summed E-state index contributed by atoms with van der Waals surface area (Å²) in [6, 6.07) is 5.95. The molecule has 1 fully saturated rings. The molecular weight excluding hydrogens is 262 g/mol. The average molecular weight is 284 g/mol. The molecule has 19 heavy (non-hydrogen) atoms. The molecule has 1 aromatic carbocycles. The maximum Gasteiger partial charge on any atom is 0.241 e. The van der Waals surface area contributed by atoms with Crippen molar-refractivity contribution in [3.8, 4) is 0 Å². The van der Waals surface area contributed by atoms with E-state index in [1.807, 2.05) is 33.2 Å². The second kappa shape index (κ2) is 6.78. The highest BCUT2D eigenvalue weighted by atomic mass is 35.5. The number of carbonyl (C=O) groups is 1. The summed E-state index contributed by atoms with van der Waals surface area (Å²) in [7, 11) is 4.01. The smallest absolute Gasteiger partial charge is 0.241 e. The number of hydrogen-bond acceptors (Lipinski definition) is 3. The van der Waals surface area contributed by atoms with Crippen molar-refractivity contribution in [2.24, 2.45) is 0 Å². The van der Waals surface area contributed by atoms with E-state index in [2.05, 4.69) is 21.6 Å². The van der Waals surface area contributed by atoms with E-state index in [1.54, 1.807) is 0 Å². The van der Waals surface area contributed by atoms with Crippen LogP contribution in [0.2, 0.25) is 0 Å². The van der Waals surface area contributed by atoms with Crippen molar-refractivity contribution in [1.82, 2.24) is 5.32 Å². The molecule has 1 amide bonds. The van der Waals surface area contributed by atoms with Crippen molar-refractivity contribution >= 4 is 29.7 Å². The first-order chi connectivity index (χ1) is 8.59. The molecule has 1 aliphatic rings. The number of anilines is 2. The van der Waals surface area contributed by atoms with Crippen LogP contribution in [0.15, 0.2) is 18.2 Å². The standard InChI is InChI=1S/C14H21N3O.ClH/c1-10-11(6-4-8-13(10)17(2)3)16-14(18)12-7-5-9-15-12;/h4,6,8,12,15H,5,7,9H2,1-3H3,(H,16,18);1H. The summed E-state index contributed by atoms with van der Waals surface area (Å²) in [5.41, 5.74) is 3.14. The molecule has 1 heterocycles. The van der Waals surface area contributed by atoms with Crippen molar-refractivity contribution in [2.45, 2.75) is 25.8 Å². The zero-order valence-electron chi connectivity index (χ0n) is 11.7. The predicted molar refractivity (Wildman–Crippen MR) is 82.4 cm³/mol. The first kappa shape index (κ1) is 15.8. The molecule has 0 saturated carbocycles. The fourth-order valence-electron chi connectivity index (χ4n) is 2.37. The van der Waals surface area contributed by atoms with E-state index in [-0.39, 0.29) is 24.4 Å². The second-order valence-electron chi connectivity index (χ2n) is 4.98. The van der Waals surface area contributed by atoms with Gasteiger partial charge < -0.3 is 15.5 Å². The van der Waals surface area contributed by atoms with Crippen molar-refractivity contribution in [3.05, 3.63) is 23.8 Å². The summed E-state index contributed by atoms with van der Waals surface area (Å²) in [5, 5.41) is 6.23. The van der Waals surface area contributed by atoms with Crippen molar-refractivity contribution in [3.63, 3.8) is 0 Å². The van der Waals surface area contributed by atoms with Gasteiger partial charge in [0.15, 0.2) is 0 Å². The molecule has 1 saturated heterocycles. The minimum atomic E-state index is -0.0348. The van der Waals surface area contributed by atoms with Crippen LogP contribution in [-0.4, -0.2) is 32.6 Å². The SMILES string of the molecule is Cc1c(NC(=O)C2CCCN2)cccc1N(C)C.Cl. The second-order valence-corrected chi connectivity index (χ2v) is 4.98. The van der Waals surface area contributed by atoms with Gasteiger partial charge in [-0.05, 0) is 44.0 Å². The van der Waals surface area contributed by atoms with Crippen molar-refractivity contribution < 1.29 is 4.79 Å². The molecule has 0 bridgehead atoms. The summed E-state index contributed by atoms with van der Waals surface area (Å²) in [6.45, 7) is 2.97. The van der Waals surface area contributed by atoms with E-state index in [0.717, 1.165) is 36.3 Å². The Morgan fingerprint density at radius 2 is 2.16 bits per heavy atom. The van der Waals surface area contributed by atoms with Crippen LogP contribution in [-0.2, 0) is 4.79 Å². The van der Waals surface area contributed by atoms with Gasteiger partial charge in [-0.1, -0.05) is 6.07 Å². The Morgan fingerprint density at radius 1 is 1.42 bits per heavy atom. The molecule has 1 aliphatic heterocycles. The molecule has 1 unspecified atom stereocenters. The van der Waals surface area contributed by atoms with E-state index in [9.17, 15) is 4.79 Å². The molecule has 2 N–H and O–H groups in total. The molecule has 1 aromatic rings. The topological polar surface area (TPSA) is 44.4 Å². The Bertz CT molecular complexity index is 442. The van der Waals surface area contributed by atoms with E-state index in [1.165, 1.54) is 0 Å². The molecule has 0 spiro atoms. The number of nitrogens with one attached hydrogen (secondary N) is 2. The summed E-state index contributed by atoms with van der Waals surface area (Å²) >= 11 is 0. The number of hydrogen-bond donors (Lipinski definition) is 2. The van der Waals surface area contributed by atoms with Gasteiger partial charge in [0.25, 0.3) is 0 Å². The Balaban J connectivity index is 0.00000180. The van der Waals surface area contributed by atoms with Crippen molar-refractivity contribution in [1.29, 1.82) is 0 Å². The highest BCUT2D eigenvalue weighted by molar-refractivity contribution is 5.96. The Morgan fingerprint density at radius 3 is 2.74 bits per heavy atom. The van der Waals surface area contributed by atoms with E-state index >= 15 is 0 Å². The molecule has 4 nitrogen and oxygen atoms in total. The number of amides is 1. The van der Waals surface area contributed by atoms with Crippen LogP contribution in [0, 0.1) is 6.92 Å². The van der Waals surface area contributed by atoms with Gasteiger partial charge in [-0.3, -0.25) is 4.79 Å². The van der Waals surface area contributed by atoms with Crippen molar-refractivity contribution in [2.75, 3.05) is 30.9 Å². The lowest BCUT2D eigenvalue weighted by Gasteiger charge is -2.19. The molecule has 106 valence electrons. The summed E-state index contributed by atoms with van der Waals surface area (Å²) in [5.74, 6) is 0.0755. The number of halogens is 1. The van der Waals surface area contributed by atoms with Gasteiger partial charge in [0, 0.05) is 25.5 Å². The van der Waals surface area contributed by atoms with E-state index in [4.69, 9.17) is 0 Å². The summed E-state index contributed by atoms with van der Waals surface area (Å²) < 4.78 is 0. The van der Waals surface area contributed by atoms with Gasteiger partial charge in [-0.2, -0.15) is 0 Å². The first-order valence-electron chi connectivity index (χ1n) is 6.41. The molecule has 1 atom stereocenters. The van der Waals surface area contributed by atoms with Gasteiger partial charge in [0.05, 0.1) is 6.04 Å². The Labute approximate surface area is 121 Å². The Kier molecular flexibility index (Phi) is 5.63. The molecule has 0 aliphatic carbocycles. The highest BCUT2D eigenvalue weighted by Gasteiger charge is 2.22. The lowest BCUT2D eigenvalue weighted by molar-refractivity contribution is -0.117. The van der Waals surface area contributed by atoms with Crippen LogP contribution in [0.5, 0.6) is 0 Å². The minimum Gasteiger partial charge on any atom is -0.377 e. The number of nitrogens with zero attached hydrogens (tertiary/aromatic N) is 1. The van der Waals surface area contributed by atoms with E-state index in [0.29, 0.717) is 0 Å². The monoisotopic (exact) mass is 283 g/mol. The maximum absolute atomic E-state index is 12.1. The molecule has 0 aromatic heterocycles. The van der Waals surface area contributed by atoms with Crippen LogP contribution < -0.4 is 15.5 Å². The van der Waals surface area contributed by atoms with Gasteiger partial charge in [-0.25, -0.2) is 0 Å². The molecule has 2 rings (SSSR count). The van der Waals surface area contributed by atoms with Gasteiger partial charge in [0.1, 0.15) is 0 Å². The van der Waals surface area contributed by atoms with Gasteiger partial charge in [0.2, 0.25) is 5.91 Å². The maximum atomic E-state index is 12.1. The predicted octanol–water partition coefficient (Wildman–Crippen LogP) is 2.17. The summed E-state index contributed by atoms with van der Waals surface area (Å²) in [6.07, 6.45) is 2.01. The normalized spacial score (nSPS) is 17.7. The fourth-order valence-corrected chi connectivity index (χ4v) is 2.37. The van der Waals surface area contributed by atoms with E-state index < -0.39 is 0 Å². The zero-order chi connectivity index (χ0) is 13.1. The lowest BCUT2D eigenvalue weighted by atomic mass is 10.1. The third kappa shape index (κ3) is 3.61. The highest BCUT2D eigenvalue weighted by Crippen LogP contribution is 2.25. The number of rotatable bonds is 3. The molecular formula is C14H22ClN3O. The fraction of sp³-hybridized carbons (Fsp3) is 0.500. The van der Waals surface area contributed by atoms with Crippen LogP contribution in [0.3, 0.4) is 0 Å². The molecule has 5 heteroatoms. The van der Waals surface area contributed by atoms with Crippen LogP contribution in [0.1, 0.15) is 18.4 Å². The quantitative estimate of drug-likeness (QED) is 0.894. The molecule has 0 radical (unpaired) electrons. The number of benzene rings is 1. The third-order valence-electron chi connectivity index (χ3n) is 3.42. The zero-order valence-corrected chi connectivity index (χ0v) is 12.5. The largest absolute Gasteiger partial charge is 0.377 e. The lowest BCUT2D eigenvalue weighted by Crippen LogP contribution is -2.35. The van der Waals surface area contributed by atoms with Crippen LogP contribution in [0.25, 0.3) is 0 Å². The average Bonchev–Trinajstić information content (AvgIpc) is 2.85. The van der Waals surface area contributed by atoms with Gasteiger partial charge >= 0.3 is 0 Å².